The summed E-state index contributed by atoms with van der Waals surface area (Å²) < 4.78 is 0. The van der Waals surface area contributed by atoms with Gasteiger partial charge in [0, 0.05) is 19.2 Å². The van der Waals surface area contributed by atoms with Crippen LogP contribution in [0, 0.1) is 6.92 Å². The van der Waals surface area contributed by atoms with Crippen LogP contribution < -0.4 is 16.2 Å². The van der Waals surface area contributed by atoms with Crippen LogP contribution in [0.15, 0.2) is 6.07 Å². The summed E-state index contributed by atoms with van der Waals surface area (Å²) in [5.41, 5.74) is 2.54. The van der Waals surface area contributed by atoms with Gasteiger partial charge in [0.05, 0.1) is 0 Å². The highest BCUT2D eigenvalue weighted by molar-refractivity contribution is 5.48. The van der Waals surface area contributed by atoms with E-state index in [2.05, 4.69) is 34.1 Å². The molecule has 1 unspecified atom stereocenters. The monoisotopic (exact) mass is 209 g/mol. The average Bonchev–Trinajstić information content (AvgIpc) is 2.26. The average molecular weight is 209 g/mol. The molecule has 1 heterocycles. The molecule has 0 bridgehead atoms. The van der Waals surface area contributed by atoms with Crippen molar-refractivity contribution in [1.29, 1.82) is 0 Å². The lowest BCUT2D eigenvalue weighted by Crippen LogP contribution is -2.29. The second-order valence-electron chi connectivity index (χ2n) is 3.67. The van der Waals surface area contributed by atoms with Gasteiger partial charge in [-0.15, -0.1) is 0 Å². The van der Waals surface area contributed by atoms with Crippen molar-refractivity contribution in [2.45, 2.75) is 33.2 Å². The largest absolute Gasteiger partial charge is 0.357 e. The molecule has 15 heavy (non-hydrogen) atoms. The van der Waals surface area contributed by atoms with Gasteiger partial charge in [-0.05, 0) is 20.3 Å². The SMILES string of the molecule is CCC(C)N(C)c1cc(NN)nc(C)n1. The van der Waals surface area contributed by atoms with E-state index in [1.165, 1.54) is 0 Å². The lowest BCUT2D eigenvalue weighted by atomic mass is 10.2. The number of nitrogens with zero attached hydrogens (tertiary/aromatic N) is 3. The molecule has 0 saturated carbocycles. The molecule has 0 radical (unpaired) electrons. The number of aryl methyl sites for hydroxylation is 1. The van der Waals surface area contributed by atoms with Crippen molar-refractivity contribution in [2.24, 2.45) is 5.84 Å². The first kappa shape index (κ1) is 11.7. The standard InChI is InChI=1S/C10H19N5/c1-5-7(2)15(4)10-6-9(14-11)12-8(3)13-10/h6-7H,5,11H2,1-4H3,(H,12,13,14). The summed E-state index contributed by atoms with van der Waals surface area (Å²) in [5, 5.41) is 0. The molecule has 0 aliphatic rings. The molecule has 0 amide bonds. The van der Waals surface area contributed by atoms with Crippen molar-refractivity contribution in [3.05, 3.63) is 11.9 Å². The Morgan fingerprint density at radius 3 is 2.73 bits per heavy atom. The van der Waals surface area contributed by atoms with E-state index >= 15 is 0 Å². The molecular weight excluding hydrogens is 190 g/mol. The number of hydrazine groups is 1. The Morgan fingerprint density at radius 2 is 2.20 bits per heavy atom. The number of nitrogen functional groups attached to an aromatic ring is 1. The minimum absolute atomic E-state index is 0.449. The molecule has 0 aliphatic heterocycles. The van der Waals surface area contributed by atoms with Crippen molar-refractivity contribution in [2.75, 3.05) is 17.4 Å². The van der Waals surface area contributed by atoms with Gasteiger partial charge in [-0.1, -0.05) is 6.92 Å². The summed E-state index contributed by atoms with van der Waals surface area (Å²) >= 11 is 0. The molecule has 1 rings (SSSR count). The third-order valence-corrected chi connectivity index (χ3v) is 2.59. The predicted molar refractivity (Wildman–Crippen MR) is 62.7 cm³/mol. The fourth-order valence-electron chi connectivity index (χ4n) is 1.31. The molecular formula is C10H19N5. The molecule has 5 nitrogen and oxygen atoms in total. The second kappa shape index (κ2) is 4.93. The highest BCUT2D eigenvalue weighted by Crippen LogP contribution is 2.16. The molecule has 1 aromatic heterocycles. The molecule has 0 aliphatic carbocycles. The van der Waals surface area contributed by atoms with Gasteiger partial charge >= 0.3 is 0 Å². The minimum Gasteiger partial charge on any atom is -0.357 e. The van der Waals surface area contributed by atoms with Crippen LogP contribution in [-0.2, 0) is 0 Å². The van der Waals surface area contributed by atoms with Crippen LogP contribution >= 0.6 is 0 Å². The first-order valence-electron chi connectivity index (χ1n) is 5.13. The van der Waals surface area contributed by atoms with E-state index in [4.69, 9.17) is 5.84 Å². The van der Waals surface area contributed by atoms with Gasteiger partial charge in [0.1, 0.15) is 17.5 Å². The number of nitrogens with one attached hydrogen (secondary N) is 1. The number of anilines is 2. The molecule has 0 fully saturated rings. The smallest absolute Gasteiger partial charge is 0.145 e. The van der Waals surface area contributed by atoms with Gasteiger partial charge in [-0.2, -0.15) is 0 Å². The van der Waals surface area contributed by atoms with E-state index < -0.39 is 0 Å². The van der Waals surface area contributed by atoms with Gasteiger partial charge < -0.3 is 10.3 Å². The van der Waals surface area contributed by atoms with E-state index in [-0.39, 0.29) is 0 Å². The summed E-state index contributed by atoms with van der Waals surface area (Å²) in [5.74, 6) is 7.60. The third-order valence-electron chi connectivity index (χ3n) is 2.59. The molecule has 0 aromatic carbocycles. The molecule has 0 spiro atoms. The first-order valence-corrected chi connectivity index (χ1v) is 5.13. The Hall–Kier alpha value is -1.36. The van der Waals surface area contributed by atoms with E-state index in [1.807, 2.05) is 20.0 Å². The van der Waals surface area contributed by atoms with E-state index in [9.17, 15) is 0 Å². The van der Waals surface area contributed by atoms with Gasteiger partial charge in [0.25, 0.3) is 0 Å². The topological polar surface area (TPSA) is 67.1 Å². The van der Waals surface area contributed by atoms with Crippen LogP contribution in [0.1, 0.15) is 26.1 Å². The summed E-state index contributed by atoms with van der Waals surface area (Å²) in [6.45, 7) is 6.17. The maximum Gasteiger partial charge on any atom is 0.145 e. The summed E-state index contributed by atoms with van der Waals surface area (Å²) in [6.07, 6.45) is 1.07. The Bertz CT molecular complexity index is 326. The minimum atomic E-state index is 0.449. The zero-order valence-corrected chi connectivity index (χ0v) is 9.78. The lowest BCUT2D eigenvalue weighted by molar-refractivity contribution is 0.655. The third kappa shape index (κ3) is 2.79. The molecule has 1 atom stereocenters. The summed E-state index contributed by atoms with van der Waals surface area (Å²) in [4.78, 5) is 10.6. The molecule has 84 valence electrons. The maximum absolute atomic E-state index is 5.34. The maximum atomic E-state index is 5.34. The zero-order chi connectivity index (χ0) is 11.4. The van der Waals surface area contributed by atoms with Gasteiger partial charge in [-0.3, -0.25) is 0 Å². The number of hydrogen-bond acceptors (Lipinski definition) is 5. The molecule has 1 aromatic rings. The van der Waals surface area contributed by atoms with Gasteiger partial charge in [-0.25, -0.2) is 15.8 Å². The van der Waals surface area contributed by atoms with E-state index in [1.54, 1.807) is 0 Å². The van der Waals surface area contributed by atoms with Crippen LogP contribution in [0.4, 0.5) is 11.6 Å². The van der Waals surface area contributed by atoms with Crippen molar-refractivity contribution < 1.29 is 0 Å². The Balaban J connectivity index is 2.97. The first-order chi connectivity index (χ1) is 7.08. The van der Waals surface area contributed by atoms with Crippen LogP contribution in [0.25, 0.3) is 0 Å². The fraction of sp³-hybridized carbons (Fsp3) is 0.600. The summed E-state index contributed by atoms with van der Waals surface area (Å²) in [6, 6.07) is 2.30. The van der Waals surface area contributed by atoms with Crippen LogP contribution in [0.5, 0.6) is 0 Å². The van der Waals surface area contributed by atoms with Crippen molar-refractivity contribution in [3.8, 4) is 0 Å². The quantitative estimate of drug-likeness (QED) is 0.578. The Labute approximate surface area is 90.7 Å². The molecule has 0 saturated heterocycles. The van der Waals surface area contributed by atoms with Crippen LogP contribution in [0.2, 0.25) is 0 Å². The number of rotatable bonds is 4. The highest BCUT2D eigenvalue weighted by Gasteiger charge is 2.10. The van der Waals surface area contributed by atoms with Crippen LogP contribution in [-0.4, -0.2) is 23.1 Å². The van der Waals surface area contributed by atoms with E-state index in [0.29, 0.717) is 11.9 Å². The highest BCUT2D eigenvalue weighted by atomic mass is 15.3. The zero-order valence-electron chi connectivity index (χ0n) is 9.78. The lowest BCUT2D eigenvalue weighted by Gasteiger charge is -2.25. The Kier molecular flexibility index (Phi) is 3.85. The van der Waals surface area contributed by atoms with Crippen molar-refractivity contribution in [3.63, 3.8) is 0 Å². The van der Waals surface area contributed by atoms with E-state index in [0.717, 1.165) is 18.1 Å². The van der Waals surface area contributed by atoms with Gasteiger partial charge in [0.15, 0.2) is 0 Å². The number of nitrogens with two attached hydrogens (primary N) is 1. The van der Waals surface area contributed by atoms with Crippen molar-refractivity contribution in [1.82, 2.24) is 9.97 Å². The van der Waals surface area contributed by atoms with Crippen molar-refractivity contribution >= 4 is 11.6 Å². The fourth-order valence-corrected chi connectivity index (χ4v) is 1.31. The van der Waals surface area contributed by atoms with Crippen LogP contribution in [0.3, 0.4) is 0 Å². The molecule has 5 heteroatoms. The summed E-state index contributed by atoms with van der Waals surface area (Å²) in [7, 11) is 2.02. The number of hydrogen-bond donors (Lipinski definition) is 2. The second-order valence-corrected chi connectivity index (χ2v) is 3.67. The number of aromatic nitrogens is 2. The van der Waals surface area contributed by atoms with Gasteiger partial charge in [0.2, 0.25) is 0 Å². The normalized spacial score (nSPS) is 12.3. The Morgan fingerprint density at radius 1 is 1.53 bits per heavy atom. The predicted octanol–water partition coefficient (Wildman–Crippen LogP) is 1.31. The molecule has 3 N–H and O–H groups in total.